The van der Waals surface area contributed by atoms with Gasteiger partial charge >= 0.3 is 0 Å². The molecule has 2 aliphatic rings. The van der Waals surface area contributed by atoms with Crippen molar-refractivity contribution in [3.63, 3.8) is 0 Å². The van der Waals surface area contributed by atoms with Crippen LogP contribution in [0.25, 0.3) is 10.9 Å². The van der Waals surface area contributed by atoms with Crippen LogP contribution in [0.15, 0.2) is 36.4 Å². The fraction of sp³-hybridized carbons (Fsp3) is 0.423. The van der Waals surface area contributed by atoms with Gasteiger partial charge in [-0.2, -0.15) is 0 Å². The first-order valence-electron chi connectivity index (χ1n) is 11.4. The van der Waals surface area contributed by atoms with Gasteiger partial charge in [0, 0.05) is 67.1 Å². The largest absolute Gasteiger partial charge is 0.359 e. The summed E-state index contributed by atoms with van der Waals surface area (Å²) >= 11 is 0. The smallest absolute Gasteiger partial charge is 0.220 e. The van der Waals surface area contributed by atoms with Gasteiger partial charge in [-0.25, -0.2) is 8.78 Å². The van der Waals surface area contributed by atoms with Crippen molar-refractivity contribution in [1.29, 1.82) is 0 Å². The maximum absolute atomic E-state index is 14.8. The Labute approximate surface area is 187 Å². The molecule has 3 unspecified atom stereocenters. The molecule has 0 saturated carbocycles. The zero-order chi connectivity index (χ0) is 22.6. The number of amides is 1. The topological polar surface area (TPSA) is 37.3 Å². The highest BCUT2D eigenvalue weighted by Crippen LogP contribution is 2.47. The van der Waals surface area contributed by atoms with Gasteiger partial charge in [-0.3, -0.25) is 9.69 Å². The van der Waals surface area contributed by atoms with Crippen molar-refractivity contribution in [2.75, 3.05) is 14.1 Å². The highest BCUT2D eigenvalue weighted by Gasteiger charge is 2.41. The average molecular weight is 438 g/mol. The number of likely N-dealkylation sites (N-methyl/N-ethyl adjacent to an activating group) is 1. The van der Waals surface area contributed by atoms with Gasteiger partial charge in [0.25, 0.3) is 0 Å². The number of hydrogen-bond donors (Lipinski definition) is 1. The summed E-state index contributed by atoms with van der Waals surface area (Å²) in [5.74, 6) is -1.75. The van der Waals surface area contributed by atoms with Crippen LogP contribution >= 0.6 is 0 Å². The molecule has 32 heavy (non-hydrogen) atoms. The fourth-order valence-corrected chi connectivity index (χ4v) is 5.83. The third kappa shape index (κ3) is 3.41. The third-order valence-electron chi connectivity index (χ3n) is 7.49. The van der Waals surface area contributed by atoms with Crippen LogP contribution in [0.4, 0.5) is 8.78 Å². The molecule has 5 rings (SSSR count). The van der Waals surface area contributed by atoms with E-state index in [0.29, 0.717) is 24.2 Å². The Hall–Kier alpha value is -2.73. The van der Waals surface area contributed by atoms with E-state index < -0.39 is 17.6 Å². The molecule has 0 radical (unpaired) electrons. The van der Waals surface area contributed by atoms with Crippen LogP contribution < -0.4 is 5.32 Å². The van der Waals surface area contributed by atoms with E-state index in [2.05, 4.69) is 47.0 Å². The normalized spacial score (nSPS) is 21.0. The Balaban J connectivity index is 1.65. The number of fused-ring (bicyclic) bond motifs is 6. The molecule has 2 aromatic carbocycles. The molecule has 4 nitrogen and oxygen atoms in total. The van der Waals surface area contributed by atoms with E-state index in [1.807, 2.05) is 0 Å². The predicted octanol–water partition coefficient (Wildman–Crippen LogP) is 4.84. The molecule has 3 aromatic rings. The SMILES string of the molecule is CNC(=O)CC(Cn1c2c(c3cc(C)ccc31)C1CCC(C2)N1C)c1ccc(F)cc1F. The van der Waals surface area contributed by atoms with Gasteiger partial charge < -0.3 is 9.88 Å². The van der Waals surface area contributed by atoms with E-state index >= 15 is 0 Å². The minimum atomic E-state index is -0.608. The Morgan fingerprint density at radius 2 is 2.00 bits per heavy atom. The average Bonchev–Trinajstić information content (AvgIpc) is 3.16. The second-order valence-corrected chi connectivity index (χ2v) is 9.35. The molecule has 0 spiro atoms. The first-order valence-corrected chi connectivity index (χ1v) is 11.4. The van der Waals surface area contributed by atoms with E-state index in [9.17, 15) is 13.6 Å². The van der Waals surface area contributed by atoms with Crippen molar-refractivity contribution in [3.05, 3.63) is 70.4 Å². The molecule has 1 saturated heterocycles. The van der Waals surface area contributed by atoms with Crippen molar-refractivity contribution in [2.45, 2.75) is 57.2 Å². The molecule has 2 aliphatic heterocycles. The first-order chi connectivity index (χ1) is 15.4. The number of aryl methyl sites for hydroxylation is 1. The lowest BCUT2D eigenvalue weighted by molar-refractivity contribution is -0.121. The number of halogens is 2. The predicted molar refractivity (Wildman–Crippen MR) is 122 cm³/mol. The number of hydrogen-bond acceptors (Lipinski definition) is 2. The molecular weight excluding hydrogens is 408 g/mol. The molecular formula is C26H29F2N3O. The molecule has 3 heterocycles. The van der Waals surface area contributed by atoms with Gasteiger partial charge in [-0.1, -0.05) is 17.7 Å². The minimum Gasteiger partial charge on any atom is -0.359 e. The summed E-state index contributed by atoms with van der Waals surface area (Å²) in [6, 6.07) is 11.1. The molecule has 1 aromatic heterocycles. The summed E-state index contributed by atoms with van der Waals surface area (Å²) < 4.78 is 30.7. The van der Waals surface area contributed by atoms with E-state index in [4.69, 9.17) is 0 Å². The van der Waals surface area contributed by atoms with E-state index in [1.54, 1.807) is 7.05 Å². The Kier molecular flexibility index (Phi) is 5.28. The minimum absolute atomic E-state index is 0.145. The maximum atomic E-state index is 14.8. The molecule has 6 heteroatoms. The first kappa shape index (κ1) is 21.1. The van der Waals surface area contributed by atoms with Crippen LogP contribution in [-0.4, -0.2) is 35.5 Å². The molecule has 1 amide bonds. The Bertz CT molecular complexity index is 1200. The molecule has 1 N–H and O–H groups in total. The summed E-state index contributed by atoms with van der Waals surface area (Å²) in [7, 11) is 3.80. The van der Waals surface area contributed by atoms with Crippen LogP contribution in [-0.2, 0) is 17.8 Å². The summed E-state index contributed by atoms with van der Waals surface area (Å²) in [5.41, 5.74) is 5.42. The zero-order valence-electron chi connectivity index (χ0n) is 18.8. The van der Waals surface area contributed by atoms with Gasteiger partial charge in [0.15, 0.2) is 0 Å². The van der Waals surface area contributed by atoms with Crippen molar-refractivity contribution in [2.24, 2.45) is 0 Å². The van der Waals surface area contributed by atoms with Crippen LogP contribution in [0.2, 0.25) is 0 Å². The lowest BCUT2D eigenvalue weighted by Gasteiger charge is -2.33. The number of carbonyl (C=O) groups is 1. The quantitative estimate of drug-likeness (QED) is 0.620. The zero-order valence-corrected chi connectivity index (χ0v) is 18.8. The molecule has 168 valence electrons. The lowest BCUT2D eigenvalue weighted by Crippen LogP contribution is -2.35. The summed E-state index contributed by atoms with van der Waals surface area (Å²) in [6.07, 6.45) is 3.42. The van der Waals surface area contributed by atoms with E-state index in [-0.39, 0.29) is 12.3 Å². The number of aromatic nitrogens is 1. The van der Waals surface area contributed by atoms with Crippen molar-refractivity contribution in [3.8, 4) is 0 Å². The fourth-order valence-electron chi connectivity index (χ4n) is 5.83. The van der Waals surface area contributed by atoms with Crippen LogP contribution in [0.3, 0.4) is 0 Å². The molecule has 2 bridgehead atoms. The van der Waals surface area contributed by atoms with E-state index in [0.717, 1.165) is 24.4 Å². The standard InChI is InChI=1S/C26H29F2N3O/c1-15-4-8-22-20(10-15)26-23-9-6-18(30(23)3)13-24(26)31(22)14-16(11-25(32)29-2)19-7-5-17(27)12-21(19)28/h4-5,7-8,10,12,16,18,23H,6,9,11,13-14H2,1-3H3,(H,29,32). The van der Waals surface area contributed by atoms with Crippen LogP contribution in [0.1, 0.15) is 53.6 Å². The second kappa shape index (κ2) is 8.00. The van der Waals surface area contributed by atoms with Gasteiger partial charge in [0.2, 0.25) is 5.91 Å². The second-order valence-electron chi connectivity index (χ2n) is 9.35. The van der Waals surface area contributed by atoms with Gasteiger partial charge in [0.1, 0.15) is 11.6 Å². The number of benzene rings is 2. The third-order valence-corrected chi connectivity index (χ3v) is 7.49. The molecule has 0 aliphatic carbocycles. The summed E-state index contributed by atoms with van der Waals surface area (Å²) in [6.45, 7) is 2.59. The van der Waals surface area contributed by atoms with Crippen molar-refractivity contribution < 1.29 is 13.6 Å². The maximum Gasteiger partial charge on any atom is 0.220 e. The number of nitrogens with one attached hydrogen (secondary N) is 1. The molecule has 1 fully saturated rings. The van der Waals surface area contributed by atoms with E-state index in [1.165, 1.54) is 40.8 Å². The number of carbonyl (C=O) groups excluding carboxylic acids is 1. The van der Waals surface area contributed by atoms with Gasteiger partial charge in [0.05, 0.1) is 0 Å². The van der Waals surface area contributed by atoms with Crippen molar-refractivity contribution >= 4 is 16.8 Å². The summed E-state index contributed by atoms with van der Waals surface area (Å²) in [4.78, 5) is 14.8. The lowest BCUT2D eigenvalue weighted by atomic mass is 9.93. The monoisotopic (exact) mass is 437 g/mol. The number of rotatable bonds is 5. The van der Waals surface area contributed by atoms with Gasteiger partial charge in [-0.15, -0.1) is 0 Å². The Morgan fingerprint density at radius 3 is 2.75 bits per heavy atom. The summed E-state index contributed by atoms with van der Waals surface area (Å²) in [5, 5.41) is 3.92. The number of nitrogens with zero attached hydrogens (tertiary/aromatic N) is 2. The molecule has 3 atom stereocenters. The van der Waals surface area contributed by atoms with Crippen LogP contribution in [0, 0.1) is 18.6 Å². The van der Waals surface area contributed by atoms with Gasteiger partial charge in [-0.05, 0) is 56.1 Å². The van der Waals surface area contributed by atoms with Crippen molar-refractivity contribution in [1.82, 2.24) is 14.8 Å². The highest BCUT2D eigenvalue weighted by molar-refractivity contribution is 5.87. The van der Waals surface area contributed by atoms with Crippen LogP contribution in [0.5, 0.6) is 0 Å². The Morgan fingerprint density at radius 1 is 1.19 bits per heavy atom. The highest BCUT2D eigenvalue weighted by atomic mass is 19.1.